The summed E-state index contributed by atoms with van der Waals surface area (Å²) < 4.78 is 10.4. The molecule has 7 heteroatoms. The molecule has 0 aliphatic carbocycles. The van der Waals surface area contributed by atoms with Crippen molar-refractivity contribution in [2.75, 3.05) is 12.4 Å². The number of nitrogens with one attached hydrogen (secondary N) is 2. The molecule has 3 rings (SSSR count). The second kappa shape index (κ2) is 8.84. The van der Waals surface area contributed by atoms with Crippen molar-refractivity contribution < 1.29 is 19.1 Å². The Balaban J connectivity index is 1.72. The summed E-state index contributed by atoms with van der Waals surface area (Å²) in [7, 11) is 1.50. The number of carbonyl (C=O) groups is 2. The minimum Gasteiger partial charge on any atom is -0.493 e. The first-order chi connectivity index (χ1) is 13.5. The van der Waals surface area contributed by atoms with E-state index in [9.17, 15) is 9.59 Å². The molecule has 0 radical (unpaired) electrons. The Bertz CT molecular complexity index is 909. The largest absolute Gasteiger partial charge is 0.493 e. The van der Waals surface area contributed by atoms with Crippen molar-refractivity contribution in [3.05, 3.63) is 58.5 Å². The first-order valence-electron chi connectivity index (χ1n) is 8.89. The van der Waals surface area contributed by atoms with E-state index in [2.05, 4.69) is 29.7 Å². The number of esters is 1. The molecule has 2 aromatic carbocycles. The Kier molecular flexibility index (Phi) is 6.26. The Morgan fingerprint density at radius 2 is 1.96 bits per heavy atom. The van der Waals surface area contributed by atoms with Crippen molar-refractivity contribution in [1.29, 1.82) is 0 Å². The maximum atomic E-state index is 12.3. The Morgan fingerprint density at radius 1 is 1.21 bits per heavy atom. The van der Waals surface area contributed by atoms with Gasteiger partial charge in [0.15, 0.2) is 17.0 Å². The van der Waals surface area contributed by atoms with Crippen molar-refractivity contribution in [1.82, 2.24) is 5.32 Å². The second-order valence-electron chi connectivity index (χ2n) is 6.18. The molecule has 1 aliphatic rings. The number of carbonyl (C=O) groups excluding carboxylic acids is 2. The lowest BCUT2D eigenvalue weighted by Gasteiger charge is -2.12. The highest BCUT2D eigenvalue weighted by Crippen LogP contribution is 2.33. The van der Waals surface area contributed by atoms with E-state index in [1.165, 1.54) is 31.4 Å². The van der Waals surface area contributed by atoms with Gasteiger partial charge in [0.05, 0.1) is 12.0 Å². The van der Waals surface area contributed by atoms with Gasteiger partial charge in [0, 0.05) is 12.6 Å². The number of hydrogen-bond donors (Lipinski definition) is 2. The van der Waals surface area contributed by atoms with Crippen LogP contribution in [-0.4, -0.2) is 24.5 Å². The van der Waals surface area contributed by atoms with Gasteiger partial charge < -0.3 is 20.1 Å². The first-order valence-corrected chi connectivity index (χ1v) is 9.77. The van der Waals surface area contributed by atoms with Crippen molar-refractivity contribution >= 4 is 35.4 Å². The number of thioether (sulfide) groups is 1. The quantitative estimate of drug-likeness (QED) is 0.438. The van der Waals surface area contributed by atoms with E-state index in [0.29, 0.717) is 16.4 Å². The van der Waals surface area contributed by atoms with Gasteiger partial charge in [0.2, 0.25) is 0 Å². The second-order valence-corrected chi connectivity index (χ2v) is 7.33. The third-order valence-electron chi connectivity index (χ3n) is 4.13. The molecule has 0 unspecified atom stereocenters. The molecule has 1 saturated heterocycles. The van der Waals surface area contributed by atoms with Crippen LogP contribution in [0, 0.1) is 0 Å². The molecule has 2 N–H and O–H groups in total. The molecule has 1 fully saturated rings. The molecule has 1 aliphatic heterocycles. The predicted octanol–water partition coefficient (Wildman–Crippen LogP) is 3.78. The van der Waals surface area contributed by atoms with E-state index >= 15 is 0 Å². The Morgan fingerprint density at radius 3 is 2.61 bits per heavy atom. The zero-order chi connectivity index (χ0) is 20.1. The number of hydrogen-bond acceptors (Lipinski definition) is 6. The molecule has 146 valence electrons. The van der Waals surface area contributed by atoms with E-state index in [0.717, 1.165) is 17.7 Å². The average molecular weight is 398 g/mol. The van der Waals surface area contributed by atoms with Crippen LogP contribution in [0.15, 0.2) is 47.4 Å². The molecule has 0 saturated carbocycles. The number of methoxy groups -OCH3 is 1. The van der Waals surface area contributed by atoms with Crippen molar-refractivity contribution in [2.45, 2.75) is 25.8 Å². The molecule has 0 aromatic heterocycles. The summed E-state index contributed by atoms with van der Waals surface area (Å²) in [5, 5.41) is 6.21. The average Bonchev–Trinajstić information content (AvgIpc) is 3.02. The number of ether oxygens (including phenoxy) is 2. The Hall–Kier alpha value is -2.93. The van der Waals surface area contributed by atoms with Gasteiger partial charge >= 0.3 is 5.97 Å². The minimum atomic E-state index is -0.420. The lowest BCUT2D eigenvalue weighted by molar-refractivity contribution is -0.132. The van der Waals surface area contributed by atoms with Gasteiger partial charge in [-0.25, -0.2) is 0 Å². The van der Waals surface area contributed by atoms with Crippen LogP contribution in [0.3, 0.4) is 0 Å². The van der Waals surface area contributed by atoms with Gasteiger partial charge in [0.25, 0.3) is 5.91 Å². The van der Waals surface area contributed by atoms with Crippen molar-refractivity contribution in [2.24, 2.45) is 0 Å². The van der Waals surface area contributed by atoms with Gasteiger partial charge in [0.1, 0.15) is 0 Å². The summed E-state index contributed by atoms with van der Waals surface area (Å²) in [4.78, 5) is 24.1. The van der Waals surface area contributed by atoms with E-state index in [1.807, 2.05) is 12.1 Å². The van der Waals surface area contributed by atoms with Gasteiger partial charge in [-0.2, -0.15) is 0 Å². The first kappa shape index (κ1) is 19.8. The fourth-order valence-electron chi connectivity index (χ4n) is 2.72. The third kappa shape index (κ3) is 4.86. The molecular formula is C21H22N2O4S. The summed E-state index contributed by atoms with van der Waals surface area (Å²) >= 11 is 1.41. The van der Waals surface area contributed by atoms with Crippen LogP contribution in [0.1, 0.15) is 25.0 Å². The highest BCUT2D eigenvalue weighted by Gasteiger charge is 2.27. The van der Waals surface area contributed by atoms with E-state index < -0.39 is 5.97 Å². The fraction of sp³-hybridized carbons (Fsp3) is 0.238. The molecule has 1 atom stereocenters. The molecule has 0 spiro atoms. The third-order valence-corrected chi connectivity index (χ3v) is 5.16. The molecule has 2 aromatic rings. The lowest BCUT2D eigenvalue weighted by atomic mass is 10.1. The van der Waals surface area contributed by atoms with Crippen LogP contribution in [0.2, 0.25) is 0 Å². The van der Waals surface area contributed by atoms with Gasteiger partial charge in [-0.1, -0.05) is 36.9 Å². The number of rotatable bonds is 6. The van der Waals surface area contributed by atoms with Gasteiger partial charge in [-0.15, -0.1) is 0 Å². The highest BCUT2D eigenvalue weighted by atomic mass is 32.2. The van der Waals surface area contributed by atoms with Crippen LogP contribution in [0.4, 0.5) is 5.69 Å². The Labute approximate surface area is 168 Å². The topological polar surface area (TPSA) is 76.7 Å². The summed E-state index contributed by atoms with van der Waals surface area (Å²) in [6, 6.07) is 13.3. The predicted molar refractivity (Wildman–Crippen MR) is 111 cm³/mol. The number of benzene rings is 2. The lowest BCUT2D eigenvalue weighted by Crippen LogP contribution is -2.30. The van der Waals surface area contributed by atoms with Crippen molar-refractivity contribution in [3.8, 4) is 11.5 Å². The van der Waals surface area contributed by atoms with Crippen LogP contribution in [0.25, 0.3) is 6.08 Å². The number of amides is 1. The van der Waals surface area contributed by atoms with Crippen LogP contribution in [0.5, 0.6) is 11.5 Å². The fourth-order valence-corrected chi connectivity index (χ4v) is 3.70. The summed E-state index contributed by atoms with van der Waals surface area (Å²) in [5.74, 6) is 0.209. The molecule has 28 heavy (non-hydrogen) atoms. The number of anilines is 1. The summed E-state index contributed by atoms with van der Waals surface area (Å²) in [6.45, 7) is 3.44. The zero-order valence-corrected chi connectivity index (χ0v) is 16.8. The van der Waals surface area contributed by atoms with Crippen molar-refractivity contribution in [3.63, 3.8) is 0 Å². The van der Waals surface area contributed by atoms with E-state index in [4.69, 9.17) is 9.47 Å². The maximum absolute atomic E-state index is 12.3. The highest BCUT2D eigenvalue weighted by molar-refractivity contribution is 8.05. The zero-order valence-electron chi connectivity index (χ0n) is 15.9. The van der Waals surface area contributed by atoms with Crippen LogP contribution >= 0.6 is 11.8 Å². The molecule has 1 heterocycles. The van der Waals surface area contributed by atoms with E-state index in [1.54, 1.807) is 24.3 Å². The monoisotopic (exact) mass is 398 g/mol. The smallest absolute Gasteiger partial charge is 0.308 e. The van der Waals surface area contributed by atoms with Crippen LogP contribution < -0.4 is 20.1 Å². The van der Waals surface area contributed by atoms with Gasteiger partial charge in [-0.3, -0.25) is 9.59 Å². The molecule has 0 bridgehead atoms. The molecular weight excluding hydrogens is 376 g/mol. The SMILES string of the molecule is CCc1ccc(N[C@@H]2NC(=O)/C(=C/c3ccc(OC(C)=O)c(OC)c3)S2)cc1. The maximum Gasteiger partial charge on any atom is 0.308 e. The standard InChI is InChI=1S/C21H22N2O4S/c1-4-14-5-8-16(9-6-14)22-21-23-20(25)19(28-21)12-15-7-10-17(27-13(2)24)18(11-15)26-3/h5-12,21-22H,4H2,1-3H3,(H,23,25)/b19-12-/t21-/m1/s1. The minimum absolute atomic E-state index is 0.143. The summed E-state index contributed by atoms with van der Waals surface area (Å²) in [6.07, 6.45) is 2.77. The number of aryl methyl sites for hydroxylation is 1. The molecule has 1 amide bonds. The van der Waals surface area contributed by atoms with Crippen LogP contribution in [-0.2, 0) is 16.0 Å². The van der Waals surface area contributed by atoms with E-state index in [-0.39, 0.29) is 11.4 Å². The normalized spacial score (nSPS) is 17.3. The molecule has 6 nitrogen and oxygen atoms in total. The van der Waals surface area contributed by atoms with Gasteiger partial charge in [-0.05, 0) is 47.9 Å². The summed E-state index contributed by atoms with van der Waals surface area (Å²) in [5.41, 5.74) is 2.75.